The molecular weight excluding hydrogens is 264 g/mol. The Labute approximate surface area is 115 Å². The van der Waals surface area contributed by atoms with Crippen LogP contribution in [-0.2, 0) is 16.1 Å². The summed E-state index contributed by atoms with van der Waals surface area (Å²) in [6.45, 7) is 5.71. The first kappa shape index (κ1) is 12.6. The molecule has 0 unspecified atom stereocenters. The smallest absolute Gasteiger partial charge is 0.312 e. The molecule has 2 aliphatic rings. The highest BCUT2D eigenvalue weighted by Crippen LogP contribution is 2.19. The minimum Gasteiger partial charge on any atom is -0.346 e. The molecule has 0 aliphatic carbocycles. The molecule has 1 N–H and O–H groups in total. The molecule has 7 heteroatoms. The standard InChI is InChI=1S/C12H16N4O2S/c1-8-10(19-7-14-8)6-15-2-3-16-9(5-15)4-13-11(17)12(16)18/h7,9H,2-6H2,1H3,(H,13,17)/t9-/m1/s1. The number of nitrogens with one attached hydrogen (secondary N) is 1. The van der Waals surface area contributed by atoms with E-state index in [2.05, 4.69) is 15.2 Å². The minimum absolute atomic E-state index is 0.104. The minimum atomic E-state index is -0.469. The lowest BCUT2D eigenvalue weighted by Gasteiger charge is -2.43. The number of carbonyl (C=O) groups excluding carboxylic acids is 2. The van der Waals surface area contributed by atoms with E-state index in [0.29, 0.717) is 13.1 Å². The van der Waals surface area contributed by atoms with E-state index in [9.17, 15) is 9.59 Å². The highest BCUT2D eigenvalue weighted by Gasteiger charge is 2.37. The molecule has 2 aliphatic heterocycles. The molecular formula is C12H16N4O2S. The van der Waals surface area contributed by atoms with Crippen LogP contribution in [0.25, 0.3) is 0 Å². The zero-order valence-electron chi connectivity index (χ0n) is 10.8. The number of amides is 2. The number of aryl methyl sites for hydroxylation is 1. The number of piperazine rings is 2. The summed E-state index contributed by atoms with van der Waals surface area (Å²) in [5, 5.41) is 2.66. The maximum absolute atomic E-state index is 11.7. The van der Waals surface area contributed by atoms with Crippen molar-refractivity contribution in [3.05, 3.63) is 16.1 Å². The maximum Gasteiger partial charge on any atom is 0.312 e. The average molecular weight is 280 g/mol. The SMILES string of the molecule is Cc1ncsc1CN1CCN2C(=O)C(=O)NC[C@@H]2C1. The van der Waals surface area contributed by atoms with Crippen LogP contribution in [0.1, 0.15) is 10.6 Å². The number of carbonyl (C=O) groups is 2. The van der Waals surface area contributed by atoms with Gasteiger partial charge in [-0.1, -0.05) is 0 Å². The molecule has 1 aromatic rings. The average Bonchev–Trinajstić information content (AvgIpc) is 2.80. The highest BCUT2D eigenvalue weighted by atomic mass is 32.1. The van der Waals surface area contributed by atoms with E-state index in [0.717, 1.165) is 25.3 Å². The predicted molar refractivity (Wildman–Crippen MR) is 70.6 cm³/mol. The van der Waals surface area contributed by atoms with Crippen molar-refractivity contribution in [3.8, 4) is 0 Å². The maximum atomic E-state index is 11.7. The molecule has 6 nitrogen and oxygen atoms in total. The van der Waals surface area contributed by atoms with Crippen molar-refractivity contribution in [2.24, 2.45) is 0 Å². The first-order valence-corrected chi connectivity index (χ1v) is 7.23. The van der Waals surface area contributed by atoms with Crippen LogP contribution in [0, 0.1) is 6.92 Å². The Morgan fingerprint density at radius 3 is 3.05 bits per heavy atom. The number of nitrogens with zero attached hydrogens (tertiary/aromatic N) is 3. The van der Waals surface area contributed by atoms with Gasteiger partial charge >= 0.3 is 11.8 Å². The molecule has 1 atom stereocenters. The Bertz CT molecular complexity index is 516. The van der Waals surface area contributed by atoms with Crippen molar-refractivity contribution in [1.82, 2.24) is 20.1 Å². The molecule has 0 saturated carbocycles. The number of fused-ring (bicyclic) bond motifs is 1. The Balaban J connectivity index is 1.65. The molecule has 2 fully saturated rings. The lowest BCUT2D eigenvalue weighted by molar-refractivity contribution is -0.152. The van der Waals surface area contributed by atoms with E-state index >= 15 is 0 Å². The molecule has 102 valence electrons. The molecule has 19 heavy (non-hydrogen) atoms. The number of hydrogen-bond acceptors (Lipinski definition) is 5. The van der Waals surface area contributed by atoms with Crippen LogP contribution in [0.4, 0.5) is 0 Å². The van der Waals surface area contributed by atoms with E-state index in [1.807, 2.05) is 12.4 Å². The van der Waals surface area contributed by atoms with Gasteiger partial charge in [0.05, 0.1) is 17.2 Å². The first-order valence-electron chi connectivity index (χ1n) is 6.35. The first-order chi connectivity index (χ1) is 9.15. The van der Waals surface area contributed by atoms with Gasteiger partial charge in [0.2, 0.25) is 0 Å². The molecule has 2 amide bonds. The van der Waals surface area contributed by atoms with E-state index in [-0.39, 0.29) is 11.9 Å². The Kier molecular flexibility index (Phi) is 3.24. The van der Waals surface area contributed by atoms with Crippen LogP contribution in [-0.4, -0.2) is 58.8 Å². The van der Waals surface area contributed by atoms with Crippen molar-refractivity contribution >= 4 is 23.2 Å². The summed E-state index contributed by atoms with van der Waals surface area (Å²) in [5.74, 6) is -0.854. The second-order valence-electron chi connectivity index (χ2n) is 4.96. The van der Waals surface area contributed by atoms with Crippen molar-refractivity contribution in [2.45, 2.75) is 19.5 Å². The van der Waals surface area contributed by atoms with Crippen molar-refractivity contribution in [3.63, 3.8) is 0 Å². The summed E-state index contributed by atoms with van der Waals surface area (Å²) in [6.07, 6.45) is 0. The fraction of sp³-hybridized carbons (Fsp3) is 0.583. The third kappa shape index (κ3) is 2.35. The van der Waals surface area contributed by atoms with Gasteiger partial charge in [-0.15, -0.1) is 11.3 Å². The van der Waals surface area contributed by atoms with Gasteiger partial charge in [-0.05, 0) is 6.92 Å². The van der Waals surface area contributed by atoms with Crippen molar-refractivity contribution in [2.75, 3.05) is 26.2 Å². The third-order valence-electron chi connectivity index (χ3n) is 3.73. The summed E-state index contributed by atoms with van der Waals surface area (Å²) in [5.41, 5.74) is 2.95. The molecule has 0 bridgehead atoms. The van der Waals surface area contributed by atoms with Crippen LogP contribution in [0.3, 0.4) is 0 Å². The Morgan fingerprint density at radius 1 is 1.47 bits per heavy atom. The van der Waals surface area contributed by atoms with Gasteiger partial charge in [0.15, 0.2) is 0 Å². The quantitative estimate of drug-likeness (QED) is 0.748. The second kappa shape index (κ2) is 4.90. The monoisotopic (exact) mass is 280 g/mol. The number of thiazole rings is 1. The van der Waals surface area contributed by atoms with Crippen molar-refractivity contribution < 1.29 is 9.59 Å². The van der Waals surface area contributed by atoms with Crippen LogP contribution in [0.5, 0.6) is 0 Å². The normalized spacial score (nSPS) is 24.3. The predicted octanol–water partition coefficient (Wildman–Crippen LogP) is -0.406. The van der Waals surface area contributed by atoms with Crippen LogP contribution >= 0.6 is 11.3 Å². The van der Waals surface area contributed by atoms with Gasteiger partial charge in [-0.25, -0.2) is 4.98 Å². The molecule has 3 heterocycles. The van der Waals surface area contributed by atoms with E-state index in [1.165, 1.54) is 4.88 Å². The van der Waals surface area contributed by atoms with Crippen LogP contribution in [0.2, 0.25) is 0 Å². The van der Waals surface area contributed by atoms with Crippen LogP contribution in [0.15, 0.2) is 5.51 Å². The summed E-state index contributed by atoms with van der Waals surface area (Å²) in [4.78, 5) is 32.6. The molecule has 0 radical (unpaired) electrons. The van der Waals surface area contributed by atoms with Gasteiger partial charge in [-0.3, -0.25) is 14.5 Å². The summed E-state index contributed by atoms with van der Waals surface area (Å²) in [6, 6.07) is 0.104. The van der Waals surface area contributed by atoms with Gasteiger partial charge in [0, 0.05) is 37.6 Å². The fourth-order valence-electron chi connectivity index (χ4n) is 2.60. The van der Waals surface area contributed by atoms with Gasteiger partial charge in [-0.2, -0.15) is 0 Å². The zero-order chi connectivity index (χ0) is 13.4. The molecule has 3 rings (SSSR count). The van der Waals surface area contributed by atoms with Gasteiger partial charge < -0.3 is 10.2 Å². The highest BCUT2D eigenvalue weighted by molar-refractivity contribution is 7.09. The van der Waals surface area contributed by atoms with E-state index < -0.39 is 5.91 Å². The molecule has 1 aromatic heterocycles. The Morgan fingerprint density at radius 2 is 2.32 bits per heavy atom. The zero-order valence-corrected chi connectivity index (χ0v) is 11.6. The number of hydrogen-bond donors (Lipinski definition) is 1. The number of rotatable bonds is 2. The molecule has 2 saturated heterocycles. The molecule has 0 spiro atoms. The number of aromatic nitrogens is 1. The largest absolute Gasteiger partial charge is 0.346 e. The van der Waals surface area contributed by atoms with E-state index in [4.69, 9.17) is 0 Å². The summed E-state index contributed by atoms with van der Waals surface area (Å²) in [7, 11) is 0. The second-order valence-corrected chi connectivity index (χ2v) is 5.90. The lowest BCUT2D eigenvalue weighted by atomic mass is 10.1. The Hall–Kier alpha value is -1.47. The molecule has 0 aromatic carbocycles. The van der Waals surface area contributed by atoms with E-state index in [1.54, 1.807) is 16.2 Å². The van der Waals surface area contributed by atoms with Gasteiger partial charge in [0.25, 0.3) is 0 Å². The van der Waals surface area contributed by atoms with Gasteiger partial charge in [0.1, 0.15) is 0 Å². The lowest BCUT2D eigenvalue weighted by Crippen LogP contribution is -2.65. The van der Waals surface area contributed by atoms with Crippen LogP contribution < -0.4 is 5.32 Å². The van der Waals surface area contributed by atoms with Crippen molar-refractivity contribution in [1.29, 1.82) is 0 Å². The fourth-order valence-corrected chi connectivity index (χ4v) is 3.42. The summed E-state index contributed by atoms with van der Waals surface area (Å²) >= 11 is 1.67. The topological polar surface area (TPSA) is 65.5 Å². The third-order valence-corrected chi connectivity index (χ3v) is 4.65. The summed E-state index contributed by atoms with van der Waals surface area (Å²) < 4.78 is 0.